The lowest BCUT2D eigenvalue weighted by Gasteiger charge is -2.14. The second-order valence-corrected chi connectivity index (χ2v) is 8.91. The zero-order valence-corrected chi connectivity index (χ0v) is 11.3. The SMILES string of the molecule is CC=CN/C=N/P(=S)(OCC)SCC. The maximum absolute atomic E-state index is 5.48. The lowest BCUT2D eigenvalue weighted by atomic mass is 10.7. The first-order chi connectivity index (χ1) is 6.68. The molecule has 0 aromatic rings. The summed E-state index contributed by atoms with van der Waals surface area (Å²) < 4.78 is 9.73. The number of hydrogen-bond acceptors (Lipinski definition) is 3. The van der Waals surface area contributed by atoms with Gasteiger partial charge < -0.3 is 9.84 Å². The van der Waals surface area contributed by atoms with E-state index in [-0.39, 0.29) is 0 Å². The highest BCUT2D eigenvalue weighted by Gasteiger charge is 2.13. The molecule has 0 aliphatic rings. The molecule has 6 heteroatoms. The molecule has 0 fully saturated rings. The van der Waals surface area contributed by atoms with Gasteiger partial charge >= 0.3 is 0 Å². The molecule has 0 radical (unpaired) electrons. The average molecular weight is 252 g/mol. The van der Waals surface area contributed by atoms with Crippen molar-refractivity contribution < 1.29 is 4.52 Å². The normalized spacial score (nSPS) is 16.2. The first kappa shape index (κ1) is 14.2. The van der Waals surface area contributed by atoms with Gasteiger partial charge in [0.15, 0.2) is 0 Å². The fourth-order valence-electron chi connectivity index (χ4n) is 0.674. The van der Waals surface area contributed by atoms with Crippen LogP contribution < -0.4 is 5.32 Å². The molecular weight excluding hydrogens is 235 g/mol. The Bertz CT molecular complexity index is 233. The van der Waals surface area contributed by atoms with Gasteiger partial charge in [-0.15, -0.1) is 0 Å². The van der Waals surface area contributed by atoms with E-state index in [1.807, 2.05) is 19.9 Å². The largest absolute Gasteiger partial charge is 0.353 e. The minimum atomic E-state index is -2.04. The van der Waals surface area contributed by atoms with Crippen LogP contribution in [0.15, 0.2) is 17.0 Å². The highest BCUT2D eigenvalue weighted by atomic mass is 32.9. The fourth-order valence-corrected chi connectivity index (χ4v) is 5.01. The Labute approximate surface area is 95.3 Å². The number of rotatable bonds is 7. The molecule has 1 unspecified atom stereocenters. The summed E-state index contributed by atoms with van der Waals surface area (Å²) in [5, 5.41) is 2.90. The van der Waals surface area contributed by atoms with Gasteiger partial charge in [0.1, 0.15) is 0 Å². The van der Waals surface area contributed by atoms with Crippen molar-refractivity contribution in [1.82, 2.24) is 5.32 Å². The number of nitrogens with one attached hydrogen (secondary N) is 1. The maximum Gasteiger partial charge on any atom is 0.232 e. The Morgan fingerprint density at radius 2 is 2.29 bits per heavy atom. The van der Waals surface area contributed by atoms with E-state index in [0.29, 0.717) is 6.61 Å². The highest BCUT2D eigenvalue weighted by molar-refractivity contribution is 8.69. The van der Waals surface area contributed by atoms with Gasteiger partial charge in [0.05, 0.1) is 12.9 Å². The Morgan fingerprint density at radius 1 is 1.57 bits per heavy atom. The third-order valence-corrected chi connectivity index (χ3v) is 6.59. The van der Waals surface area contributed by atoms with Crippen molar-refractivity contribution in [2.45, 2.75) is 20.8 Å². The van der Waals surface area contributed by atoms with Gasteiger partial charge in [0.25, 0.3) is 0 Å². The third kappa shape index (κ3) is 6.60. The first-order valence-corrected chi connectivity index (χ1v) is 8.75. The fraction of sp³-hybridized carbons (Fsp3) is 0.625. The highest BCUT2D eigenvalue weighted by Crippen LogP contribution is 2.60. The molecule has 1 atom stereocenters. The lowest BCUT2D eigenvalue weighted by molar-refractivity contribution is 0.385. The third-order valence-electron chi connectivity index (χ3n) is 1.12. The second-order valence-electron chi connectivity index (χ2n) is 2.22. The van der Waals surface area contributed by atoms with Gasteiger partial charge in [0, 0.05) is 0 Å². The monoisotopic (exact) mass is 252 g/mol. The molecule has 14 heavy (non-hydrogen) atoms. The smallest absolute Gasteiger partial charge is 0.232 e. The Morgan fingerprint density at radius 3 is 2.79 bits per heavy atom. The predicted molar refractivity (Wildman–Crippen MR) is 70.5 cm³/mol. The van der Waals surface area contributed by atoms with E-state index in [9.17, 15) is 0 Å². The molecular formula is C8H17N2OPS2. The zero-order chi connectivity index (χ0) is 10.9. The van der Waals surface area contributed by atoms with Crippen molar-refractivity contribution in [3.05, 3.63) is 12.3 Å². The van der Waals surface area contributed by atoms with Crippen molar-refractivity contribution in [2.75, 3.05) is 12.4 Å². The standard InChI is InChI=1S/C8H17N2OPS2/c1-4-7-9-8-10-12(13,11-5-2)14-6-3/h4,7-8H,5-6H2,1-3H3,(H,9,10,13). The molecule has 0 aliphatic heterocycles. The summed E-state index contributed by atoms with van der Waals surface area (Å²) in [5.41, 5.74) is -2.04. The number of allylic oxidation sites excluding steroid dienone is 1. The van der Waals surface area contributed by atoms with E-state index in [2.05, 4.69) is 17.0 Å². The Kier molecular flexibility index (Phi) is 8.58. The molecule has 0 amide bonds. The molecule has 0 aliphatic carbocycles. The molecule has 82 valence electrons. The van der Waals surface area contributed by atoms with Crippen LogP contribution in [0.5, 0.6) is 0 Å². The summed E-state index contributed by atoms with van der Waals surface area (Å²) in [6, 6.07) is 0. The van der Waals surface area contributed by atoms with E-state index in [1.165, 1.54) is 0 Å². The van der Waals surface area contributed by atoms with Gasteiger partial charge in [-0.3, -0.25) is 0 Å². The second kappa shape index (κ2) is 8.48. The van der Waals surface area contributed by atoms with Crippen LogP contribution >= 0.6 is 17.0 Å². The number of nitrogens with zero attached hydrogens (tertiary/aromatic N) is 1. The van der Waals surface area contributed by atoms with Crippen LogP contribution in [0.3, 0.4) is 0 Å². The van der Waals surface area contributed by atoms with E-state index in [4.69, 9.17) is 16.3 Å². The van der Waals surface area contributed by atoms with Crippen LogP contribution in [0.2, 0.25) is 0 Å². The van der Waals surface area contributed by atoms with Crippen molar-refractivity contribution in [3.63, 3.8) is 0 Å². The summed E-state index contributed by atoms with van der Waals surface area (Å²) in [4.78, 5) is 0. The predicted octanol–water partition coefficient (Wildman–Crippen LogP) is 3.15. The van der Waals surface area contributed by atoms with Gasteiger partial charge in [-0.25, -0.2) is 4.76 Å². The van der Waals surface area contributed by atoms with Crippen LogP contribution in [0.4, 0.5) is 0 Å². The van der Waals surface area contributed by atoms with Crippen LogP contribution in [-0.2, 0) is 16.3 Å². The molecule has 0 heterocycles. The summed E-state index contributed by atoms with van der Waals surface area (Å²) >= 11 is 6.94. The molecule has 0 spiro atoms. The van der Waals surface area contributed by atoms with Gasteiger partial charge in [0.2, 0.25) is 5.62 Å². The van der Waals surface area contributed by atoms with E-state index >= 15 is 0 Å². The van der Waals surface area contributed by atoms with Gasteiger partial charge in [-0.2, -0.15) is 0 Å². The minimum Gasteiger partial charge on any atom is -0.353 e. The van der Waals surface area contributed by atoms with Gasteiger partial charge in [-0.05, 0) is 37.6 Å². The molecule has 0 aromatic carbocycles. The van der Waals surface area contributed by atoms with Crippen LogP contribution in [0.25, 0.3) is 0 Å². The Hall–Kier alpha value is 0.170. The van der Waals surface area contributed by atoms with E-state index in [1.54, 1.807) is 23.9 Å². The first-order valence-electron chi connectivity index (χ1n) is 4.49. The van der Waals surface area contributed by atoms with Crippen molar-refractivity contribution in [3.8, 4) is 0 Å². The zero-order valence-electron chi connectivity index (χ0n) is 8.77. The van der Waals surface area contributed by atoms with Crippen LogP contribution in [-0.4, -0.2) is 18.7 Å². The average Bonchev–Trinajstić information content (AvgIpc) is 2.13. The van der Waals surface area contributed by atoms with Gasteiger partial charge in [-0.1, -0.05) is 24.4 Å². The molecule has 0 saturated carbocycles. The molecule has 0 bridgehead atoms. The van der Waals surface area contributed by atoms with Crippen molar-refractivity contribution >= 4 is 35.1 Å². The quantitative estimate of drug-likeness (QED) is 0.429. The van der Waals surface area contributed by atoms with Crippen LogP contribution in [0.1, 0.15) is 20.8 Å². The summed E-state index contributed by atoms with van der Waals surface area (Å²) in [6.07, 6.45) is 5.30. The lowest BCUT2D eigenvalue weighted by Crippen LogP contribution is -1.99. The Balaban J connectivity index is 4.20. The summed E-state index contributed by atoms with van der Waals surface area (Å²) in [5.74, 6) is 0.929. The summed E-state index contributed by atoms with van der Waals surface area (Å²) in [6.45, 7) is 6.54. The van der Waals surface area contributed by atoms with Crippen molar-refractivity contribution in [2.24, 2.45) is 4.76 Å². The molecule has 0 rings (SSSR count). The summed E-state index contributed by atoms with van der Waals surface area (Å²) in [7, 11) is 0. The topological polar surface area (TPSA) is 33.6 Å². The van der Waals surface area contributed by atoms with Crippen molar-refractivity contribution in [1.29, 1.82) is 0 Å². The molecule has 1 N–H and O–H groups in total. The molecule has 3 nitrogen and oxygen atoms in total. The van der Waals surface area contributed by atoms with Crippen LogP contribution in [0, 0.1) is 0 Å². The van der Waals surface area contributed by atoms with E-state index in [0.717, 1.165) is 5.75 Å². The number of hydrogen-bond donors (Lipinski definition) is 1. The molecule has 0 aromatic heterocycles. The maximum atomic E-state index is 5.48. The molecule has 0 saturated heterocycles. The minimum absolute atomic E-state index is 0.616. The van der Waals surface area contributed by atoms with E-state index < -0.39 is 5.62 Å².